The summed E-state index contributed by atoms with van der Waals surface area (Å²) in [5.74, 6) is -2.88. The smallest absolute Gasteiger partial charge is 0.356 e. The number of carbonyl (C=O) groups is 4. The van der Waals surface area contributed by atoms with Crippen LogP contribution in [0.1, 0.15) is 26.5 Å². The number of ether oxygens (including phenoxy) is 2. The Morgan fingerprint density at radius 1 is 1.44 bits per heavy atom. The fraction of sp³-hybridized carbons (Fsp3) is 0.450. The van der Waals surface area contributed by atoms with Crippen molar-refractivity contribution >= 4 is 69.5 Å². The molecule has 0 aliphatic carbocycles. The Balaban J connectivity index is 1.75. The van der Waals surface area contributed by atoms with E-state index in [4.69, 9.17) is 20.5 Å². The zero-order chi connectivity index (χ0) is 26.6. The van der Waals surface area contributed by atoms with Gasteiger partial charge < -0.3 is 25.7 Å². The number of nitrogens with two attached hydrogens (primary N) is 1. The van der Waals surface area contributed by atoms with Crippen LogP contribution in [-0.4, -0.2) is 79.7 Å². The van der Waals surface area contributed by atoms with Gasteiger partial charge in [0.05, 0.1) is 11.8 Å². The number of thioether (sulfide) groups is 2. The summed E-state index contributed by atoms with van der Waals surface area (Å²) in [6.45, 7) is 4.33. The van der Waals surface area contributed by atoms with Gasteiger partial charge in [-0.15, -0.1) is 34.9 Å². The normalized spacial score (nSPS) is 19.7. The number of nitriles is 1. The van der Waals surface area contributed by atoms with Crippen LogP contribution in [-0.2, 0) is 28.7 Å². The van der Waals surface area contributed by atoms with Gasteiger partial charge in [0, 0.05) is 16.0 Å². The highest BCUT2D eigenvalue weighted by Gasteiger charge is 2.55. The third-order valence-electron chi connectivity index (χ3n) is 4.55. The fourth-order valence-electron chi connectivity index (χ4n) is 3.19. The van der Waals surface area contributed by atoms with E-state index >= 15 is 0 Å². The number of thiazole rings is 1. The molecule has 16 heteroatoms. The highest BCUT2D eigenvalue weighted by atomic mass is 32.2. The number of hydrogen-bond acceptors (Lipinski definition) is 14. The van der Waals surface area contributed by atoms with Crippen molar-refractivity contribution in [2.24, 2.45) is 5.16 Å². The number of nitrogens with one attached hydrogen (secondary N) is 1. The Hall–Kier alpha value is -3.29. The lowest BCUT2D eigenvalue weighted by molar-refractivity contribution is -0.166. The maximum absolute atomic E-state index is 13.0. The van der Waals surface area contributed by atoms with Crippen LogP contribution < -0.4 is 11.1 Å². The number of fused-ring (bicyclic) bond motifs is 1. The largest absolute Gasteiger partial charge is 0.457 e. The van der Waals surface area contributed by atoms with Crippen LogP contribution in [0.25, 0.3) is 0 Å². The van der Waals surface area contributed by atoms with E-state index in [0.29, 0.717) is 4.91 Å². The van der Waals surface area contributed by atoms with Gasteiger partial charge >= 0.3 is 11.9 Å². The first kappa shape index (κ1) is 27.3. The minimum atomic E-state index is -1.04. The number of rotatable bonds is 8. The molecule has 2 aliphatic heterocycles. The monoisotopic (exact) mass is 554 g/mol. The van der Waals surface area contributed by atoms with Gasteiger partial charge in [-0.05, 0) is 20.8 Å². The summed E-state index contributed by atoms with van der Waals surface area (Å²) < 4.78 is 10.2. The molecule has 0 saturated carbocycles. The van der Waals surface area contributed by atoms with Gasteiger partial charge in [0.25, 0.3) is 11.8 Å². The van der Waals surface area contributed by atoms with Crippen LogP contribution in [0.4, 0.5) is 5.13 Å². The van der Waals surface area contributed by atoms with E-state index in [9.17, 15) is 24.4 Å². The zero-order valence-corrected chi connectivity index (χ0v) is 21.8. The Morgan fingerprint density at radius 2 is 2.17 bits per heavy atom. The number of aromatic nitrogens is 1. The maximum Gasteiger partial charge on any atom is 0.356 e. The molecular weight excluding hydrogens is 532 g/mol. The van der Waals surface area contributed by atoms with Crippen molar-refractivity contribution in [2.45, 2.75) is 37.8 Å². The number of hydrogen-bond donors (Lipinski definition) is 3. The lowest BCUT2D eigenvalue weighted by atomic mass is 10.0. The summed E-state index contributed by atoms with van der Waals surface area (Å²) in [4.78, 5) is 56.0. The quantitative estimate of drug-likeness (QED) is 0.134. The fourth-order valence-corrected chi connectivity index (χ4v) is 6.03. The second-order valence-electron chi connectivity index (χ2n) is 8.26. The third-order valence-corrected chi connectivity index (χ3v) is 7.64. The van der Waals surface area contributed by atoms with Crippen LogP contribution >= 0.6 is 34.9 Å². The molecule has 0 spiro atoms. The summed E-state index contributed by atoms with van der Waals surface area (Å²) >= 11 is 3.38. The first-order chi connectivity index (χ1) is 17.0. The van der Waals surface area contributed by atoms with E-state index in [1.54, 1.807) is 20.8 Å². The van der Waals surface area contributed by atoms with Crippen LogP contribution in [0, 0.1) is 11.3 Å². The van der Waals surface area contributed by atoms with Crippen molar-refractivity contribution in [1.82, 2.24) is 15.2 Å². The SMILES string of the molecule is CC(C)(C)OC(=O)COC(=O)C1=C(SCC#N)CS[C@@H]2[C@H](NC(=O)/C(=N\O)c3csc(N)n3)C(=O)N12. The number of nitrogens with zero attached hydrogens (tertiary/aromatic N) is 4. The van der Waals surface area contributed by atoms with Gasteiger partial charge in [0.15, 0.2) is 17.5 Å². The molecule has 2 amide bonds. The molecular formula is C20H22N6O7S3. The van der Waals surface area contributed by atoms with Crippen LogP contribution in [0.3, 0.4) is 0 Å². The van der Waals surface area contributed by atoms with Gasteiger partial charge in [-0.25, -0.2) is 14.6 Å². The standard InChI is InChI=1S/C20H22N6O7S3/c1-20(2,3)33-11(27)6-32-18(30)14-10(34-5-4-21)8-35-17-13(16(29)26(14)17)24-15(28)12(25-31)9-7-36-19(22)23-9/h7,13,17,31H,5-6,8H2,1-3H3,(H2,22,23)(H,24,28)/b25-12-/t13-,17-/m1/s1. The maximum atomic E-state index is 13.0. The molecule has 36 heavy (non-hydrogen) atoms. The molecule has 4 N–H and O–H groups in total. The van der Waals surface area contributed by atoms with Crippen molar-refractivity contribution in [3.8, 4) is 6.07 Å². The van der Waals surface area contributed by atoms with Gasteiger partial charge in [-0.3, -0.25) is 14.5 Å². The lowest BCUT2D eigenvalue weighted by Crippen LogP contribution is -2.71. The van der Waals surface area contributed by atoms with Crippen LogP contribution in [0.15, 0.2) is 21.1 Å². The van der Waals surface area contributed by atoms with E-state index in [-0.39, 0.29) is 28.0 Å². The Morgan fingerprint density at radius 3 is 2.75 bits per heavy atom. The van der Waals surface area contributed by atoms with Crippen LogP contribution in [0.5, 0.6) is 0 Å². The summed E-state index contributed by atoms with van der Waals surface area (Å²) in [5.41, 5.74) is 4.31. The Bertz CT molecular complexity index is 1180. The van der Waals surface area contributed by atoms with E-state index in [1.807, 2.05) is 6.07 Å². The Labute approximate surface area is 218 Å². The van der Waals surface area contributed by atoms with Crippen molar-refractivity contribution in [1.29, 1.82) is 5.26 Å². The molecule has 3 rings (SSSR count). The predicted octanol–water partition coefficient (Wildman–Crippen LogP) is 0.657. The molecule has 1 aromatic heterocycles. The van der Waals surface area contributed by atoms with E-state index in [1.165, 1.54) is 17.1 Å². The Kier molecular flexibility index (Phi) is 8.48. The minimum Gasteiger partial charge on any atom is -0.457 e. The van der Waals surface area contributed by atoms with E-state index in [0.717, 1.165) is 28.0 Å². The highest BCUT2D eigenvalue weighted by molar-refractivity contribution is 8.06. The molecule has 3 heterocycles. The second-order valence-corrected chi connectivity index (χ2v) is 11.3. The van der Waals surface area contributed by atoms with Crippen LogP contribution in [0.2, 0.25) is 0 Å². The van der Waals surface area contributed by atoms with Gasteiger partial charge in [-0.1, -0.05) is 5.16 Å². The summed E-state index contributed by atoms with van der Waals surface area (Å²) in [6, 6.07) is 0.923. The van der Waals surface area contributed by atoms with Crippen molar-refractivity contribution < 1.29 is 33.9 Å². The topological polar surface area (TPSA) is 197 Å². The second kappa shape index (κ2) is 11.2. The molecule has 1 saturated heterocycles. The molecule has 13 nitrogen and oxygen atoms in total. The van der Waals surface area contributed by atoms with E-state index < -0.39 is 53.1 Å². The summed E-state index contributed by atoms with van der Waals surface area (Å²) in [6.07, 6.45) is 0. The van der Waals surface area contributed by atoms with Crippen molar-refractivity contribution in [3.05, 3.63) is 21.7 Å². The molecule has 0 bridgehead atoms. The number of carbonyl (C=O) groups excluding carboxylic acids is 4. The van der Waals surface area contributed by atoms with Crippen molar-refractivity contribution in [3.63, 3.8) is 0 Å². The van der Waals surface area contributed by atoms with Gasteiger partial charge in [0.1, 0.15) is 28.4 Å². The summed E-state index contributed by atoms with van der Waals surface area (Å²) in [7, 11) is 0. The number of β-lactam (4-membered cyclic amide) rings is 1. The molecule has 2 aliphatic rings. The lowest BCUT2D eigenvalue weighted by Gasteiger charge is -2.49. The average Bonchev–Trinajstić information content (AvgIpc) is 3.23. The zero-order valence-electron chi connectivity index (χ0n) is 19.3. The first-order valence-corrected chi connectivity index (χ1v) is 13.2. The molecule has 0 unspecified atom stereocenters. The molecule has 2 atom stereocenters. The number of amides is 2. The van der Waals surface area contributed by atoms with Gasteiger partial charge in [0.2, 0.25) is 0 Å². The molecule has 0 radical (unpaired) electrons. The number of esters is 2. The molecule has 0 aromatic carbocycles. The first-order valence-electron chi connectivity index (χ1n) is 10.3. The molecule has 1 aromatic rings. The highest BCUT2D eigenvalue weighted by Crippen LogP contribution is 2.43. The van der Waals surface area contributed by atoms with Gasteiger partial charge in [-0.2, -0.15) is 5.26 Å². The predicted molar refractivity (Wildman–Crippen MR) is 132 cm³/mol. The van der Waals surface area contributed by atoms with E-state index in [2.05, 4.69) is 15.5 Å². The number of oxime groups is 1. The van der Waals surface area contributed by atoms with Crippen molar-refractivity contribution in [2.75, 3.05) is 23.8 Å². The minimum absolute atomic E-state index is 0.0265. The average molecular weight is 555 g/mol. The molecule has 1 fully saturated rings. The summed E-state index contributed by atoms with van der Waals surface area (Å²) in [5, 5.41) is 24.6. The molecule has 192 valence electrons. The third kappa shape index (κ3) is 6.09. The number of nitrogen functional groups attached to an aromatic ring is 1. The number of anilines is 1.